The first-order valence-corrected chi connectivity index (χ1v) is 4.23. The Kier molecular flexibility index (Phi) is 6.39. The summed E-state index contributed by atoms with van der Waals surface area (Å²) in [6, 6.07) is 0. The van der Waals surface area contributed by atoms with Crippen LogP contribution in [0.3, 0.4) is 0 Å². The van der Waals surface area contributed by atoms with Crippen molar-refractivity contribution in [3.63, 3.8) is 0 Å². The molecule has 0 aliphatic heterocycles. The van der Waals surface area contributed by atoms with Gasteiger partial charge in [-0.05, 0) is 13.0 Å². The van der Waals surface area contributed by atoms with Crippen molar-refractivity contribution in [3.8, 4) is 0 Å². The zero-order valence-electron chi connectivity index (χ0n) is 8.20. The number of nitrogens with zero attached hydrogens (tertiary/aromatic N) is 1. The molecule has 0 spiro atoms. The van der Waals surface area contributed by atoms with Crippen LogP contribution in [-0.2, 0) is 9.53 Å². The van der Waals surface area contributed by atoms with E-state index >= 15 is 0 Å². The van der Waals surface area contributed by atoms with Crippen LogP contribution in [0.5, 0.6) is 0 Å². The molecule has 0 fully saturated rings. The predicted molar refractivity (Wildman–Crippen MR) is 51.8 cm³/mol. The summed E-state index contributed by atoms with van der Waals surface area (Å²) in [6.45, 7) is 4.99. The van der Waals surface area contributed by atoms with Gasteiger partial charge in [0.05, 0.1) is 18.7 Å². The number of carbonyl (C=O) groups is 1. The minimum absolute atomic E-state index is 0.0760. The van der Waals surface area contributed by atoms with E-state index in [1.165, 1.54) is 12.3 Å². The summed E-state index contributed by atoms with van der Waals surface area (Å²) in [7, 11) is 0. The average molecular weight is 202 g/mol. The quantitative estimate of drug-likeness (QED) is 0.227. The van der Waals surface area contributed by atoms with E-state index in [-0.39, 0.29) is 12.1 Å². The highest BCUT2D eigenvalue weighted by molar-refractivity contribution is 5.90. The van der Waals surface area contributed by atoms with E-state index in [4.69, 9.17) is 5.84 Å². The lowest BCUT2D eigenvalue weighted by atomic mass is 10.3. The van der Waals surface area contributed by atoms with Gasteiger partial charge >= 0.3 is 5.97 Å². The Bertz CT molecular complexity index is 229. The van der Waals surface area contributed by atoms with Crippen molar-refractivity contribution in [2.75, 3.05) is 19.8 Å². The van der Waals surface area contributed by atoms with Gasteiger partial charge in [0.1, 0.15) is 6.67 Å². The number of rotatable bonds is 6. The van der Waals surface area contributed by atoms with E-state index in [1.54, 1.807) is 6.92 Å². The number of nitrogens with two attached hydrogens (primary N) is 1. The first kappa shape index (κ1) is 12.6. The van der Waals surface area contributed by atoms with E-state index in [1.807, 2.05) is 0 Å². The number of alkyl halides is 1. The summed E-state index contributed by atoms with van der Waals surface area (Å²) in [4.78, 5) is 11.0. The van der Waals surface area contributed by atoms with Gasteiger partial charge in [0.2, 0.25) is 0 Å². The Balaban J connectivity index is 3.97. The zero-order chi connectivity index (χ0) is 11.0. The van der Waals surface area contributed by atoms with Crippen LogP contribution in [0.1, 0.15) is 6.92 Å². The summed E-state index contributed by atoms with van der Waals surface area (Å²) < 4.78 is 16.5. The van der Waals surface area contributed by atoms with E-state index in [9.17, 15) is 9.18 Å². The third-order valence-corrected chi connectivity index (χ3v) is 1.35. The fourth-order valence-corrected chi connectivity index (χ4v) is 0.650. The normalized spacial score (nSPS) is 10.2. The molecule has 0 radical (unpaired) electrons. The van der Waals surface area contributed by atoms with Crippen molar-refractivity contribution in [1.82, 2.24) is 5.01 Å². The molecule has 0 aromatic heterocycles. The van der Waals surface area contributed by atoms with E-state index < -0.39 is 12.6 Å². The van der Waals surface area contributed by atoms with Gasteiger partial charge in [0.15, 0.2) is 0 Å². The molecule has 0 aromatic carbocycles. The van der Waals surface area contributed by atoms with Crippen molar-refractivity contribution in [2.24, 2.45) is 5.84 Å². The van der Waals surface area contributed by atoms with Crippen LogP contribution in [0.2, 0.25) is 0 Å². The molecule has 0 heterocycles. The lowest BCUT2D eigenvalue weighted by molar-refractivity contribution is -0.138. The number of carbonyl (C=O) groups excluding carboxylic acids is 1. The Morgan fingerprint density at radius 2 is 2.36 bits per heavy atom. The second-order valence-electron chi connectivity index (χ2n) is 2.49. The smallest absolute Gasteiger partial charge is 0.337 e. The molecule has 0 saturated heterocycles. The van der Waals surface area contributed by atoms with Crippen LogP contribution < -0.4 is 5.84 Å². The highest BCUT2D eigenvalue weighted by Gasteiger charge is 2.03. The molecule has 0 saturated carbocycles. The summed E-state index contributed by atoms with van der Waals surface area (Å²) in [5.41, 5.74) is 0.182. The average Bonchev–Trinajstić information content (AvgIpc) is 2.15. The molecule has 0 unspecified atom stereocenters. The van der Waals surface area contributed by atoms with E-state index in [0.717, 1.165) is 5.01 Å². The molecule has 0 atom stereocenters. The number of hydrazine groups is 1. The Labute approximate surface area is 82.8 Å². The van der Waals surface area contributed by atoms with Crippen LogP contribution in [-0.4, -0.2) is 30.8 Å². The maximum absolute atomic E-state index is 11.8. The first-order valence-electron chi connectivity index (χ1n) is 4.23. The fourth-order valence-electron chi connectivity index (χ4n) is 0.650. The van der Waals surface area contributed by atoms with Gasteiger partial charge < -0.3 is 9.75 Å². The third-order valence-electron chi connectivity index (χ3n) is 1.35. The largest absolute Gasteiger partial charge is 0.462 e. The second-order valence-corrected chi connectivity index (χ2v) is 2.49. The molecular formula is C9H15FN2O2. The molecule has 80 valence electrons. The number of esters is 1. The van der Waals surface area contributed by atoms with Gasteiger partial charge in [0.25, 0.3) is 0 Å². The predicted octanol–water partition coefficient (Wildman–Crippen LogP) is 0.765. The summed E-state index contributed by atoms with van der Waals surface area (Å²) in [6.07, 6.45) is 2.76. The number of ether oxygens (including phenoxy) is 1. The number of hydrogen-bond acceptors (Lipinski definition) is 4. The Hall–Kier alpha value is -1.36. The van der Waals surface area contributed by atoms with Crippen LogP contribution in [0, 0.1) is 0 Å². The van der Waals surface area contributed by atoms with Crippen LogP contribution >= 0.6 is 0 Å². The molecule has 0 amide bonds. The van der Waals surface area contributed by atoms with Gasteiger partial charge in [-0.1, -0.05) is 6.58 Å². The zero-order valence-corrected chi connectivity index (χ0v) is 8.20. The fraction of sp³-hybridized carbons (Fsp3) is 0.444. The highest BCUT2D eigenvalue weighted by atomic mass is 19.1. The van der Waals surface area contributed by atoms with Crippen molar-refractivity contribution in [3.05, 3.63) is 24.4 Å². The van der Waals surface area contributed by atoms with Gasteiger partial charge in [-0.15, -0.1) is 0 Å². The molecule has 0 aliphatic rings. The summed E-state index contributed by atoms with van der Waals surface area (Å²) in [5, 5.41) is 1.13. The topological polar surface area (TPSA) is 55.6 Å². The van der Waals surface area contributed by atoms with Gasteiger partial charge in [-0.3, -0.25) is 0 Å². The van der Waals surface area contributed by atoms with E-state index in [2.05, 4.69) is 11.3 Å². The van der Waals surface area contributed by atoms with Gasteiger partial charge in [-0.2, -0.15) is 0 Å². The van der Waals surface area contributed by atoms with Crippen LogP contribution in [0.15, 0.2) is 24.4 Å². The van der Waals surface area contributed by atoms with E-state index in [0.29, 0.717) is 6.61 Å². The summed E-state index contributed by atoms with van der Waals surface area (Å²) in [5.74, 6) is 4.82. The van der Waals surface area contributed by atoms with Crippen molar-refractivity contribution in [1.29, 1.82) is 0 Å². The lowest BCUT2D eigenvalue weighted by Crippen LogP contribution is -2.27. The minimum Gasteiger partial charge on any atom is -0.462 e. The molecule has 0 aliphatic carbocycles. The minimum atomic E-state index is -0.549. The van der Waals surface area contributed by atoms with Gasteiger partial charge in [-0.25, -0.2) is 15.0 Å². The second kappa shape index (κ2) is 7.08. The maximum atomic E-state index is 11.8. The molecule has 0 rings (SSSR count). The first-order chi connectivity index (χ1) is 6.61. The SMILES string of the molecule is C=C(/C=C\N(N)CCF)C(=O)OCC. The summed E-state index contributed by atoms with van der Waals surface area (Å²) >= 11 is 0. The highest BCUT2D eigenvalue weighted by Crippen LogP contribution is 1.97. The molecule has 5 heteroatoms. The number of halogens is 1. The molecule has 0 aromatic rings. The molecule has 2 N–H and O–H groups in total. The monoisotopic (exact) mass is 202 g/mol. The number of hydrogen-bond donors (Lipinski definition) is 1. The van der Waals surface area contributed by atoms with Crippen LogP contribution in [0.4, 0.5) is 4.39 Å². The molecule has 4 nitrogen and oxygen atoms in total. The van der Waals surface area contributed by atoms with Crippen LogP contribution in [0.25, 0.3) is 0 Å². The Morgan fingerprint density at radius 1 is 1.71 bits per heavy atom. The molecular weight excluding hydrogens is 187 g/mol. The Morgan fingerprint density at radius 3 is 2.86 bits per heavy atom. The standard InChI is InChI=1S/C9H15FN2O2/c1-3-14-9(13)8(2)4-6-12(11)7-5-10/h4,6H,2-3,5,7,11H2,1H3/b6-4-. The molecule has 14 heavy (non-hydrogen) atoms. The van der Waals surface area contributed by atoms with Crippen molar-refractivity contribution >= 4 is 5.97 Å². The third kappa shape index (κ3) is 5.31. The molecule has 0 bridgehead atoms. The van der Waals surface area contributed by atoms with Gasteiger partial charge in [0, 0.05) is 6.20 Å². The van der Waals surface area contributed by atoms with Crippen molar-refractivity contribution < 1.29 is 13.9 Å². The van der Waals surface area contributed by atoms with Crippen molar-refractivity contribution in [2.45, 2.75) is 6.92 Å². The lowest BCUT2D eigenvalue weighted by Gasteiger charge is -2.10. The maximum Gasteiger partial charge on any atom is 0.337 e.